The minimum atomic E-state index is 0.152. The molecule has 0 atom stereocenters. The molecule has 0 bridgehead atoms. The summed E-state index contributed by atoms with van der Waals surface area (Å²) in [6.07, 6.45) is 4.36. The second-order valence-electron chi connectivity index (χ2n) is 4.97. The molecule has 0 saturated heterocycles. The zero-order valence-corrected chi connectivity index (χ0v) is 11.6. The van der Waals surface area contributed by atoms with E-state index in [-0.39, 0.29) is 5.54 Å². The Morgan fingerprint density at radius 3 is 2.35 bits per heavy atom. The Bertz CT molecular complexity index is 353. The van der Waals surface area contributed by atoms with Crippen LogP contribution in [0.3, 0.4) is 0 Å². The van der Waals surface area contributed by atoms with Gasteiger partial charge in [-0.3, -0.25) is 4.90 Å². The second-order valence-corrected chi connectivity index (χ2v) is 5.95. The molecule has 3 heteroatoms. The molecule has 0 spiro atoms. The predicted molar refractivity (Wildman–Crippen MR) is 76.6 cm³/mol. The van der Waals surface area contributed by atoms with Crippen LogP contribution in [-0.2, 0) is 12.8 Å². The zero-order valence-electron chi connectivity index (χ0n) is 10.8. The summed E-state index contributed by atoms with van der Waals surface area (Å²) in [6.45, 7) is 1.86. The number of likely N-dealkylation sites (N-methyl/N-ethyl adjacent to an activating group) is 1. The fourth-order valence-corrected chi connectivity index (χ4v) is 3.17. The zero-order chi connectivity index (χ0) is 12.3. The topological polar surface area (TPSA) is 29.3 Å². The van der Waals surface area contributed by atoms with Gasteiger partial charge in [0.25, 0.3) is 0 Å². The Hall–Kier alpha value is -0.510. The predicted octanol–water partition coefficient (Wildman–Crippen LogP) is 1.78. The van der Waals surface area contributed by atoms with Crippen LogP contribution in [0, 0.1) is 0 Å². The van der Waals surface area contributed by atoms with E-state index in [1.165, 1.54) is 16.9 Å². The van der Waals surface area contributed by atoms with Crippen molar-refractivity contribution < 1.29 is 0 Å². The van der Waals surface area contributed by atoms with Crippen LogP contribution in [0.2, 0.25) is 0 Å². The van der Waals surface area contributed by atoms with Crippen molar-refractivity contribution in [1.29, 1.82) is 0 Å². The van der Waals surface area contributed by atoms with Gasteiger partial charge < -0.3 is 5.73 Å². The molecule has 1 aromatic carbocycles. The minimum Gasteiger partial charge on any atom is -0.329 e. The number of hydrogen-bond donors (Lipinski definition) is 1. The minimum absolute atomic E-state index is 0.152. The lowest BCUT2D eigenvalue weighted by atomic mass is 9.94. The molecule has 0 aliphatic heterocycles. The molecule has 2 rings (SSSR count). The van der Waals surface area contributed by atoms with Crippen LogP contribution in [0.15, 0.2) is 24.3 Å². The van der Waals surface area contributed by atoms with Crippen molar-refractivity contribution >= 4 is 11.8 Å². The van der Waals surface area contributed by atoms with Gasteiger partial charge in [-0.1, -0.05) is 24.3 Å². The van der Waals surface area contributed by atoms with Gasteiger partial charge in [0.2, 0.25) is 0 Å². The highest BCUT2D eigenvalue weighted by Crippen LogP contribution is 2.33. The number of rotatable bonds is 5. The molecule has 17 heavy (non-hydrogen) atoms. The van der Waals surface area contributed by atoms with Crippen molar-refractivity contribution in [2.24, 2.45) is 5.73 Å². The summed E-state index contributed by atoms with van der Waals surface area (Å²) < 4.78 is 0. The SMILES string of the molecule is CSCCN(C)C1(CN)Cc2ccccc2C1. The quantitative estimate of drug-likeness (QED) is 0.864. The molecule has 0 aromatic heterocycles. The fourth-order valence-electron chi connectivity index (χ4n) is 2.71. The number of nitrogens with zero attached hydrogens (tertiary/aromatic N) is 1. The molecule has 0 fully saturated rings. The molecule has 0 saturated carbocycles. The summed E-state index contributed by atoms with van der Waals surface area (Å²) in [4.78, 5) is 2.46. The lowest BCUT2D eigenvalue weighted by Gasteiger charge is -2.38. The monoisotopic (exact) mass is 250 g/mol. The highest BCUT2D eigenvalue weighted by Gasteiger charge is 2.38. The third-order valence-corrected chi connectivity index (χ3v) is 4.57. The van der Waals surface area contributed by atoms with Crippen molar-refractivity contribution in [2.45, 2.75) is 18.4 Å². The van der Waals surface area contributed by atoms with E-state index in [0.717, 1.165) is 25.9 Å². The van der Waals surface area contributed by atoms with E-state index in [4.69, 9.17) is 5.73 Å². The van der Waals surface area contributed by atoms with Gasteiger partial charge in [0.15, 0.2) is 0 Å². The Morgan fingerprint density at radius 2 is 1.88 bits per heavy atom. The molecule has 1 aromatic rings. The molecule has 0 heterocycles. The summed E-state index contributed by atoms with van der Waals surface area (Å²) in [5.41, 5.74) is 9.19. The van der Waals surface area contributed by atoms with Crippen molar-refractivity contribution in [3.8, 4) is 0 Å². The molecular formula is C14H22N2S. The van der Waals surface area contributed by atoms with Crippen LogP contribution in [-0.4, -0.2) is 42.6 Å². The van der Waals surface area contributed by atoms with Crippen LogP contribution < -0.4 is 5.73 Å². The number of hydrogen-bond acceptors (Lipinski definition) is 3. The van der Waals surface area contributed by atoms with E-state index in [2.05, 4.69) is 42.5 Å². The Labute approximate surface area is 109 Å². The highest BCUT2D eigenvalue weighted by molar-refractivity contribution is 7.98. The third-order valence-electron chi connectivity index (χ3n) is 3.98. The van der Waals surface area contributed by atoms with Crippen molar-refractivity contribution in [1.82, 2.24) is 4.90 Å². The van der Waals surface area contributed by atoms with Crippen LogP contribution in [0.5, 0.6) is 0 Å². The van der Waals surface area contributed by atoms with Gasteiger partial charge in [0.1, 0.15) is 0 Å². The first kappa shape index (κ1) is 12.9. The van der Waals surface area contributed by atoms with E-state index >= 15 is 0 Å². The summed E-state index contributed by atoms with van der Waals surface area (Å²) in [5, 5.41) is 0. The van der Waals surface area contributed by atoms with Gasteiger partial charge in [0, 0.05) is 24.4 Å². The van der Waals surface area contributed by atoms with Gasteiger partial charge in [-0.2, -0.15) is 11.8 Å². The first-order valence-electron chi connectivity index (χ1n) is 6.19. The second kappa shape index (κ2) is 5.42. The molecule has 94 valence electrons. The van der Waals surface area contributed by atoms with Gasteiger partial charge in [0.05, 0.1) is 0 Å². The summed E-state index contributed by atoms with van der Waals surface area (Å²) >= 11 is 1.90. The van der Waals surface area contributed by atoms with E-state index < -0.39 is 0 Å². The number of thioether (sulfide) groups is 1. The normalized spacial score (nSPS) is 17.4. The van der Waals surface area contributed by atoms with Gasteiger partial charge in [-0.05, 0) is 37.3 Å². The van der Waals surface area contributed by atoms with E-state index in [9.17, 15) is 0 Å². The van der Waals surface area contributed by atoms with Gasteiger partial charge in [-0.25, -0.2) is 0 Å². The Balaban J connectivity index is 2.14. The first-order chi connectivity index (χ1) is 8.22. The van der Waals surface area contributed by atoms with Gasteiger partial charge in [-0.15, -0.1) is 0 Å². The van der Waals surface area contributed by atoms with Gasteiger partial charge >= 0.3 is 0 Å². The number of fused-ring (bicyclic) bond motifs is 1. The molecule has 1 aliphatic carbocycles. The summed E-state index contributed by atoms with van der Waals surface area (Å²) in [7, 11) is 2.22. The van der Waals surface area contributed by atoms with Crippen molar-refractivity contribution in [3.63, 3.8) is 0 Å². The van der Waals surface area contributed by atoms with Crippen molar-refractivity contribution in [3.05, 3.63) is 35.4 Å². The molecular weight excluding hydrogens is 228 g/mol. The summed E-state index contributed by atoms with van der Waals surface area (Å²) in [6, 6.07) is 8.75. The maximum atomic E-state index is 6.07. The van der Waals surface area contributed by atoms with E-state index in [0.29, 0.717) is 0 Å². The number of benzene rings is 1. The lowest BCUT2D eigenvalue weighted by molar-refractivity contribution is 0.145. The Morgan fingerprint density at radius 1 is 1.29 bits per heavy atom. The Kier molecular flexibility index (Phi) is 4.13. The molecule has 2 nitrogen and oxygen atoms in total. The summed E-state index contributed by atoms with van der Waals surface area (Å²) in [5.74, 6) is 1.18. The molecule has 0 radical (unpaired) electrons. The average molecular weight is 250 g/mol. The maximum Gasteiger partial charge on any atom is 0.0409 e. The molecule has 0 amide bonds. The van der Waals surface area contributed by atoms with E-state index in [1.54, 1.807) is 0 Å². The van der Waals surface area contributed by atoms with Crippen molar-refractivity contribution in [2.75, 3.05) is 32.1 Å². The first-order valence-corrected chi connectivity index (χ1v) is 7.58. The molecule has 0 unspecified atom stereocenters. The third kappa shape index (κ3) is 2.51. The molecule has 2 N–H and O–H groups in total. The maximum absolute atomic E-state index is 6.07. The fraction of sp³-hybridized carbons (Fsp3) is 0.571. The smallest absolute Gasteiger partial charge is 0.0409 e. The van der Waals surface area contributed by atoms with E-state index in [1.807, 2.05) is 11.8 Å². The highest BCUT2D eigenvalue weighted by atomic mass is 32.2. The molecule has 1 aliphatic rings. The van der Waals surface area contributed by atoms with Crippen LogP contribution in [0.4, 0.5) is 0 Å². The average Bonchev–Trinajstić information content (AvgIpc) is 2.75. The van der Waals surface area contributed by atoms with Crippen LogP contribution in [0.1, 0.15) is 11.1 Å². The standard InChI is InChI=1S/C14H22N2S/c1-16(7-8-17-2)14(11-15)9-12-5-3-4-6-13(12)10-14/h3-6H,7-11,15H2,1-2H3. The van der Waals surface area contributed by atoms with Crippen LogP contribution >= 0.6 is 11.8 Å². The number of nitrogens with two attached hydrogens (primary N) is 1. The largest absolute Gasteiger partial charge is 0.329 e. The van der Waals surface area contributed by atoms with Crippen LogP contribution in [0.25, 0.3) is 0 Å². The lowest BCUT2D eigenvalue weighted by Crippen LogP contribution is -2.53.